The average Bonchev–Trinajstić information content (AvgIpc) is 2.83. The molecule has 1 aromatic heterocycles. The zero-order valence-corrected chi connectivity index (χ0v) is 12.7. The molecule has 2 rings (SSSR count). The quantitative estimate of drug-likeness (QED) is 0.863. The minimum Gasteiger partial charge on any atom is -0.349 e. The second kappa shape index (κ2) is 6.81. The summed E-state index contributed by atoms with van der Waals surface area (Å²) in [5.74, 6) is -0.0747. The van der Waals surface area contributed by atoms with Crippen molar-refractivity contribution in [3.63, 3.8) is 0 Å². The Kier molecular flexibility index (Phi) is 5.08. The van der Waals surface area contributed by atoms with E-state index in [1.54, 1.807) is 12.1 Å². The van der Waals surface area contributed by atoms with Crippen LogP contribution in [0, 0.1) is 12.7 Å². The molecule has 0 saturated carbocycles. The molecule has 1 atom stereocenters. The van der Waals surface area contributed by atoms with Crippen molar-refractivity contribution in [1.29, 1.82) is 0 Å². The van der Waals surface area contributed by atoms with Gasteiger partial charge in [-0.15, -0.1) is 10.2 Å². The number of aromatic nitrogens is 2. The lowest BCUT2D eigenvalue weighted by molar-refractivity contribution is -0.119. The highest BCUT2D eigenvalue weighted by molar-refractivity contribution is 8.01. The first-order chi connectivity index (χ1) is 9.54. The van der Waals surface area contributed by atoms with Gasteiger partial charge in [0, 0.05) is 0 Å². The number of carbonyl (C=O) groups excluding carboxylic acids is 1. The number of benzene rings is 1. The van der Waals surface area contributed by atoms with Crippen LogP contribution in [0.2, 0.25) is 0 Å². The Morgan fingerprint density at radius 2 is 2.10 bits per heavy atom. The van der Waals surface area contributed by atoms with Gasteiger partial charge in [0.25, 0.3) is 0 Å². The van der Waals surface area contributed by atoms with Crippen LogP contribution in [0.4, 0.5) is 4.39 Å². The van der Waals surface area contributed by atoms with E-state index in [0.717, 1.165) is 14.9 Å². The van der Waals surface area contributed by atoms with Gasteiger partial charge in [0.05, 0.1) is 11.8 Å². The standard InChI is InChI=1S/C13H14FN3OS2/c1-8(10-3-5-11(14)6-4-10)15-12(18)7-19-13-17-16-9(2)20-13/h3-6,8H,7H2,1-2H3,(H,15,18)/t8-/m0/s1. The van der Waals surface area contributed by atoms with Gasteiger partial charge < -0.3 is 5.32 Å². The van der Waals surface area contributed by atoms with E-state index in [0.29, 0.717) is 5.75 Å². The number of amides is 1. The molecule has 0 bridgehead atoms. The smallest absolute Gasteiger partial charge is 0.230 e. The highest BCUT2D eigenvalue weighted by atomic mass is 32.2. The SMILES string of the molecule is Cc1nnc(SCC(=O)N[C@@H](C)c2ccc(F)cc2)s1. The van der Waals surface area contributed by atoms with E-state index < -0.39 is 0 Å². The summed E-state index contributed by atoms with van der Waals surface area (Å²) in [5, 5.41) is 11.6. The first-order valence-corrected chi connectivity index (χ1v) is 7.82. The average molecular weight is 311 g/mol. The topological polar surface area (TPSA) is 54.9 Å². The maximum atomic E-state index is 12.8. The highest BCUT2D eigenvalue weighted by Crippen LogP contribution is 2.21. The maximum Gasteiger partial charge on any atom is 0.230 e. The van der Waals surface area contributed by atoms with Gasteiger partial charge in [0.2, 0.25) is 5.91 Å². The minimum atomic E-state index is -0.283. The predicted octanol–water partition coefficient (Wildman–Crippen LogP) is 2.96. The molecule has 1 heterocycles. The zero-order chi connectivity index (χ0) is 14.5. The number of halogens is 1. The summed E-state index contributed by atoms with van der Waals surface area (Å²) in [4.78, 5) is 11.8. The summed E-state index contributed by atoms with van der Waals surface area (Å²) in [6, 6.07) is 5.95. The van der Waals surface area contributed by atoms with Gasteiger partial charge in [-0.25, -0.2) is 4.39 Å². The van der Waals surface area contributed by atoms with Crippen molar-refractivity contribution < 1.29 is 9.18 Å². The van der Waals surface area contributed by atoms with Crippen LogP contribution in [-0.4, -0.2) is 21.9 Å². The summed E-state index contributed by atoms with van der Waals surface area (Å²) >= 11 is 2.83. The predicted molar refractivity (Wildman–Crippen MR) is 78.3 cm³/mol. The lowest BCUT2D eigenvalue weighted by atomic mass is 10.1. The Labute approximate surface area is 124 Å². The lowest BCUT2D eigenvalue weighted by Gasteiger charge is -2.13. The van der Waals surface area contributed by atoms with Gasteiger partial charge in [-0.1, -0.05) is 35.2 Å². The van der Waals surface area contributed by atoms with Crippen LogP contribution in [0.25, 0.3) is 0 Å². The maximum absolute atomic E-state index is 12.8. The normalized spacial score (nSPS) is 12.2. The number of hydrogen-bond acceptors (Lipinski definition) is 5. The first kappa shape index (κ1) is 14.9. The minimum absolute atomic E-state index is 0.0836. The van der Waals surface area contributed by atoms with Crippen molar-refractivity contribution in [2.24, 2.45) is 0 Å². The Balaban J connectivity index is 1.83. The highest BCUT2D eigenvalue weighted by Gasteiger charge is 2.11. The molecule has 0 aliphatic carbocycles. The van der Waals surface area contributed by atoms with Crippen LogP contribution in [0.3, 0.4) is 0 Å². The fraction of sp³-hybridized carbons (Fsp3) is 0.308. The Hall–Kier alpha value is -1.47. The molecule has 0 aliphatic rings. The van der Waals surface area contributed by atoms with Crippen LogP contribution in [0.5, 0.6) is 0 Å². The number of nitrogens with zero attached hydrogens (tertiary/aromatic N) is 2. The molecular formula is C13H14FN3OS2. The molecule has 106 valence electrons. The summed E-state index contributed by atoms with van der Waals surface area (Å²) < 4.78 is 13.6. The molecule has 1 N–H and O–H groups in total. The number of carbonyl (C=O) groups is 1. The van der Waals surface area contributed by atoms with Crippen molar-refractivity contribution in [1.82, 2.24) is 15.5 Å². The van der Waals surface area contributed by atoms with Crippen LogP contribution in [0.1, 0.15) is 23.5 Å². The van der Waals surface area contributed by atoms with E-state index in [9.17, 15) is 9.18 Å². The molecule has 0 saturated heterocycles. The molecule has 20 heavy (non-hydrogen) atoms. The molecule has 0 radical (unpaired) electrons. The van der Waals surface area contributed by atoms with E-state index >= 15 is 0 Å². The van der Waals surface area contributed by atoms with Crippen LogP contribution in [-0.2, 0) is 4.79 Å². The fourth-order valence-electron chi connectivity index (χ4n) is 1.58. The molecule has 0 unspecified atom stereocenters. The monoisotopic (exact) mass is 311 g/mol. The lowest BCUT2D eigenvalue weighted by Crippen LogP contribution is -2.28. The third-order valence-corrected chi connectivity index (χ3v) is 4.55. The molecule has 1 amide bonds. The Morgan fingerprint density at radius 3 is 2.70 bits per heavy atom. The fourth-order valence-corrected chi connectivity index (χ4v) is 3.21. The van der Waals surface area contributed by atoms with Crippen LogP contribution < -0.4 is 5.32 Å². The zero-order valence-electron chi connectivity index (χ0n) is 11.1. The summed E-state index contributed by atoms with van der Waals surface area (Å²) in [6.45, 7) is 3.74. The van der Waals surface area contributed by atoms with Crippen molar-refractivity contribution in [3.8, 4) is 0 Å². The number of hydrogen-bond donors (Lipinski definition) is 1. The Morgan fingerprint density at radius 1 is 1.40 bits per heavy atom. The third-order valence-electron chi connectivity index (χ3n) is 2.58. The van der Waals surface area contributed by atoms with Crippen molar-refractivity contribution in [2.75, 3.05) is 5.75 Å². The molecule has 7 heteroatoms. The summed E-state index contributed by atoms with van der Waals surface area (Å²) in [6.07, 6.45) is 0. The van der Waals surface area contributed by atoms with Gasteiger partial charge in [-0.05, 0) is 31.5 Å². The van der Waals surface area contributed by atoms with Gasteiger partial charge in [0.1, 0.15) is 10.8 Å². The van der Waals surface area contributed by atoms with E-state index in [4.69, 9.17) is 0 Å². The van der Waals surface area contributed by atoms with Gasteiger partial charge in [0.15, 0.2) is 4.34 Å². The van der Waals surface area contributed by atoms with E-state index in [-0.39, 0.29) is 17.8 Å². The molecule has 0 aliphatic heterocycles. The second-order valence-electron chi connectivity index (χ2n) is 4.22. The number of thioether (sulfide) groups is 1. The van der Waals surface area contributed by atoms with Crippen molar-refractivity contribution in [3.05, 3.63) is 40.7 Å². The van der Waals surface area contributed by atoms with Crippen LogP contribution >= 0.6 is 23.1 Å². The molecular weight excluding hydrogens is 297 g/mol. The van der Waals surface area contributed by atoms with E-state index in [1.807, 2.05) is 13.8 Å². The number of rotatable bonds is 5. The number of aryl methyl sites for hydroxylation is 1. The van der Waals surface area contributed by atoms with E-state index in [1.165, 1.54) is 35.2 Å². The summed E-state index contributed by atoms with van der Waals surface area (Å²) in [7, 11) is 0. The number of nitrogens with one attached hydrogen (secondary N) is 1. The van der Waals surface area contributed by atoms with Gasteiger partial charge in [-0.2, -0.15) is 0 Å². The Bertz CT molecular complexity index is 586. The largest absolute Gasteiger partial charge is 0.349 e. The van der Waals surface area contributed by atoms with E-state index in [2.05, 4.69) is 15.5 Å². The molecule has 1 aromatic carbocycles. The molecule has 4 nitrogen and oxygen atoms in total. The van der Waals surface area contributed by atoms with Crippen LogP contribution in [0.15, 0.2) is 28.6 Å². The van der Waals surface area contributed by atoms with Crippen molar-refractivity contribution >= 4 is 29.0 Å². The van der Waals surface area contributed by atoms with Crippen molar-refractivity contribution in [2.45, 2.75) is 24.2 Å². The molecule has 0 fully saturated rings. The third kappa shape index (κ3) is 4.28. The van der Waals surface area contributed by atoms with Gasteiger partial charge in [-0.3, -0.25) is 4.79 Å². The summed E-state index contributed by atoms with van der Waals surface area (Å²) in [5.41, 5.74) is 0.872. The first-order valence-electron chi connectivity index (χ1n) is 6.02. The second-order valence-corrected chi connectivity index (χ2v) is 6.62. The van der Waals surface area contributed by atoms with Gasteiger partial charge >= 0.3 is 0 Å². The molecule has 0 spiro atoms. The molecule has 2 aromatic rings.